The molecule has 0 saturated heterocycles. The second-order valence-electron chi connectivity index (χ2n) is 3.90. The van der Waals surface area contributed by atoms with Crippen LogP contribution in [-0.2, 0) is 0 Å². The number of rotatable bonds is 3. The number of aromatic nitrogens is 2. The van der Waals surface area contributed by atoms with E-state index in [4.69, 9.17) is 9.52 Å². The van der Waals surface area contributed by atoms with Gasteiger partial charge in [-0.1, -0.05) is 0 Å². The van der Waals surface area contributed by atoms with Crippen LogP contribution in [0.1, 0.15) is 10.4 Å². The van der Waals surface area contributed by atoms with Crippen LogP contribution in [-0.4, -0.2) is 21.0 Å². The predicted molar refractivity (Wildman–Crippen MR) is 70.0 cm³/mol. The molecule has 0 aliphatic rings. The van der Waals surface area contributed by atoms with Gasteiger partial charge in [0.05, 0.1) is 11.8 Å². The third kappa shape index (κ3) is 2.19. The number of thiazole rings is 1. The molecular formula is C13H7FN2O3S. The number of nitrogens with zero attached hydrogens (tertiary/aromatic N) is 2. The fourth-order valence-electron chi connectivity index (χ4n) is 1.64. The minimum Gasteiger partial charge on any atom is -0.478 e. The fourth-order valence-corrected chi connectivity index (χ4v) is 2.48. The Balaban J connectivity index is 1.98. The highest BCUT2D eigenvalue weighted by atomic mass is 32.1. The second kappa shape index (κ2) is 4.86. The molecule has 7 heteroatoms. The molecule has 20 heavy (non-hydrogen) atoms. The Morgan fingerprint density at radius 1 is 1.45 bits per heavy atom. The smallest absolute Gasteiger partial charge is 0.338 e. The van der Waals surface area contributed by atoms with Gasteiger partial charge in [-0.15, -0.1) is 11.3 Å². The number of aromatic carboxylic acids is 1. The van der Waals surface area contributed by atoms with Crippen LogP contribution < -0.4 is 0 Å². The number of carbonyl (C=O) groups is 1. The first-order valence-corrected chi connectivity index (χ1v) is 6.41. The maximum atomic E-state index is 13.6. The summed E-state index contributed by atoms with van der Waals surface area (Å²) in [5, 5.41) is 11.0. The minimum atomic E-state index is -1.07. The van der Waals surface area contributed by atoms with E-state index in [2.05, 4.69) is 9.97 Å². The van der Waals surface area contributed by atoms with Crippen LogP contribution in [0.5, 0.6) is 0 Å². The predicted octanol–water partition coefficient (Wildman–Crippen LogP) is 3.30. The molecule has 5 nitrogen and oxygen atoms in total. The molecule has 0 aliphatic carbocycles. The Morgan fingerprint density at radius 3 is 3.00 bits per heavy atom. The molecule has 0 amide bonds. The van der Waals surface area contributed by atoms with Crippen molar-refractivity contribution in [3.8, 4) is 22.0 Å². The molecule has 0 radical (unpaired) electrons. The van der Waals surface area contributed by atoms with Gasteiger partial charge in [-0.25, -0.2) is 14.2 Å². The van der Waals surface area contributed by atoms with Gasteiger partial charge in [-0.2, -0.15) is 0 Å². The number of hydrogen-bond donors (Lipinski definition) is 1. The number of halogens is 1. The quantitative estimate of drug-likeness (QED) is 0.801. The molecule has 3 heterocycles. The van der Waals surface area contributed by atoms with Crippen molar-refractivity contribution in [1.82, 2.24) is 9.97 Å². The average molecular weight is 290 g/mol. The summed E-state index contributed by atoms with van der Waals surface area (Å²) in [4.78, 5) is 18.7. The van der Waals surface area contributed by atoms with Crippen LogP contribution >= 0.6 is 11.3 Å². The highest BCUT2D eigenvalue weighted by Crippen LogP contribution is 2.30. The lowest BCUT2D eigenvalue weighted by molar-refractivity contribution is 0.0696. The lowest BCUT2D eigenvalue weighted by Crippen LogP contribution is -1.91. The standard InChI is InChI=1S/C13H7FN2O3S/c14-9-4-15-2-1-8(9)12-16-10(6-20-12)11-3-7(5-19-11)13(17)18/h1-6H,(H,17,18). The molecule has 100 valence electrons. The molecule has 3 aromatic heterocycles. The highest BCUT2D eigenvalue weighted by Gasteiger charge is 2.14. The van der Waals surface area contributed by atoms with Crippen molar-refractivity contribution in [3.05, 3.63) is 47.6 Å². The molecule has 0 unspecified atom stereocenters. The monoisotopic (exact) mass is 290 g/mol. The zero-order chi connectivity index (χ0) is 14.1. The zero-order valence-corrected chi connectivity index (χ0v) is 10.7. The molecule has 1 N–H and O–H groups in total. The Morgan fingerprint density at radius 2 is 2.30 bits per heavy atom. The lowest BCUT2D eigenvalue weighted by Gasteiger charge is -1.96. The molecule has 0 atom stereocenters. The summed E-state index contributed by atoms with van der Waals surface area (Å²) in [5.74, 6) is -1.20. The van der Waals surface area contributed by atoms with Crippen molar-refractivity contribution >= 4 is 17.3 Å². The third-order valence-corrected chi connectivity index (χ3v) is 3.48. The van der Waals surface area contributed by atoms with Gasteiger partial charge in [-0.05, 0) is 6.07 Å². The van der Waals surface area contributed by atoms with E-state index in [-0.39, 0.29) is 5.56 Å². The summed E-state index contributed by atoms with van der Waals surface area (Å²) >= 11 is 1.24. The van der Waals surface area contributed by atoms with E-state index < -0.39 is 11.8 Å². The molecule has 3 aromatic rings. The SMILES string of the molecule is O=C(O)c1coc(-c2csc(-c3ccncc3F)n2)c1. The van der Waals surface area contributed by atoms with Crippen LogP contribution in [0.2, 0.25) is 0 Å². The van der Waals surface area contributed by atoms with Crippen molar-refractivity contribution < 1.29 is 18.7 Å². The Kier molecular flexibility index (Phi) is 3.03. The van der Waals surface area contributed by atoms with Gasteiger partial charge in [0, 0.05) is 23.2 Å². The van der Waals surface area contributed by atoms with Crippen LogP contribution in [0.4, 0.5) is 4.39 Å². The van der Waals surface area contributed by atoms with Crippen molar-refractivity contribution in [2.75, 3.05) is 0 Å². The lowest BCUT2D eigenvalue weighted by atomic mass is 10.2. The first-order valence-electron chi connectivity index (χ1n) is 5.53. The third-order valence-electron chi connectivity index (χ3n) is 2.61. The molecule has 0 saturated carbocycles. The Hall–Kier alpha value is -2.54. The fraction of sp³-hybridized carbons (Fsp3) is 0. The van der Waals surface area contributed by atoms with E-state index in [0.717, 1.165) is 12.5 Å². The van der Waals surface area contributed by atoms with E-state index in [1.54, 1.807) is 5.38 Å². The van der Waals surface area contributed by atoms with Crippen molar-refractivity contribution in [2.24, 2.45) is 0 Å². The molecule has 0 aromatic carbocycles. The topological polar surface area (TPSA) is 76.2 Å². The van der Waals surface area contributed by atoms with Gasteiger partial charge in [-0.3, -0.25) is 4.98 Å². The van der Waals surface area contributed by atoms with Crippen LogP contribution in [0.3, 0.4) is 0 Å². The number of hydrogen-bond acceptors (Lipinski definition) is 5. The first kappa shape index (κ1) is 12.5. The van der Waals surface area contributed by atoms with E-state index in [1.807, 2.05) is 0 Å². The first-order chi connectivity index (χ1) is 9.65. The number of carboxylic acids is 1. The second-order valence-corrected chi connectivity index (χ2v) is 4.76. The summed E-state index contributed by atoms with van der Waals surface area (Å²) in [5.41, 5.74) is 0.861. The normalized spacial score (nSPS) is 10.7. The molecule has 0 fully saturated rings. The van der Waals surface area contributed by atoms with Gasteiger partial charge in [0.2, 0.25) is 0 Å². The van der Waals surface area contributed by atoms with Crippen molar-refractivity contribution in [2.45, 2.75) is 0 Å². The molecule has 0 aliphatic heterocycles. The summed E-state index contributed by atoms with van der Waals surface area (Å²) in [6.07, 6.45) is 3.74. The van der Waals surface area contributed by atoms with E-state index in [9.17, 15) is 9.18 Å². The van der Waals surface area contributed by atoms with E-state index in [0.29, 0.717) is 22.0 Å². The maximum absolute atomic E-state index is 13.6. The zero-order valence-electron chi connectivity index (χ0n) is 9.91. The van der Waals surface area contributed by atoms with Crippen LogP contribution in [0, 0.1) is 5.82 Å². The number of carboxylic acid groups (broad SMARTS) is 1. The highest BCUT2D eigenvalue weighted by molar-refractivity contribution is 7.13. The summed E-state index contributed by atoms with van der Waals surface area (Å²) in [6, 6.07) is 2.91. The molecular weight excluding hydrogens is 283 g/mol. The summed E-state index contributed by atoms with van der Waals surface area (Å²) in [7, 11) is 0. The van der Waals surface area contributed by atoms with Gasteiger partial charge >= 0.3 is 5.97 Å². The maximum Gasteiger partial charge on any atom is 0.338 e. The summed E-state index contributed by atoms with van der Waals surface area (Å²) < 4.78 is 18.7. The van der Waals surface area contributed by atoms with E-state index in [1.165, 1.54) is 29.7 Å². The van der Waals surface area contributed by atoms with Crippen LogP contribution in [0.25, 0.3) is 22.0 Å². The summed E-state index contributed by atoms with van der Waals surface area (Å²) in [6.45, 7) is 0. The molecule has 0 spiro atoms. The molecule has 3 rings (SSSR count). The number of pyridine rings is 1. The van der Waals surface area contributed by atoms with Gasteiger partial charge in [0.25, 0.3) is 0 Å². The largest absolute Gasteiger partial charge is 0.478 e. The van der Waals surface area contributed by atoms with Crippen molar-refractivity contribution in [1.29, 1.82) is 0 Å². The Bertz CT molecular complexity index is 781. The minimum absolute atomic E-state index is 0.0460. The van der Waals surface area contributed by atoms with Crippen molar-refractivity contribution in [3.63, 3.8) is 0 Å². The van der Waals surface area contributed by atoms with Gasteiger partial charge in [0.1, 0.15) is 17.0 Å². The van der Waals surface area contributed by atoms with Gasteiger partial charge in [0.15, 0.2) is 11.6 Å². The average Bonchev–Trinajstić information content (AvgIpc) is 3.08. The Labute approximate surface area is 116 Å². The van der Waals surface area contributed by atoms with E-state index >= 15 is 0 Å². The molecule has 0 bridgehead atoms. The van der Waals surface area contributed by atoms with Crippen LogP contribution in [0.15, 0.2) is 40.6 Å². The number of furan rings is 1. The van der Waals surface area contributed by atoms with Gasteiger partial charge < -0.3 is 9.52 Å².